The lowest BCUT2D eigenvalue weighted by molar-refractivity contribution is -0.122. The van der Waals surface area contributed by atoms with Gasteiger partial charge in [-0.3, -0.25) is 4.79 Å². The molecule has 0 saturated heterocycles. The number of rotatable bonds is 6. The van der Waals surface area contributed by atoms with E-state index in [1.165, 1.54) is 12.1 Å². The van der Waals surface area contributed by atoms with Gasteiger partial charge in [0.05, 0.1) is 5.56 Å². The summed E-state index contributed by atoms with van der Waals surface area (Å²) in [5.41, 5.74) is 0.910. The number of halogens is 1. The van der Waals surface area contributed by atoms with Gasteiger partial charge in [-0.2, -0.15) is 5.26 Å². The smallest absolute Gasteiger partial charge is 0.223 e. The molecular formula is C14H16FN3O. The third kappa shape index (κ3) is 4.04. The van der Waals surface area contributed by atoms with E-state index in [9.17, 15) is 9.18 Å². The molecule has 4 nitrogen and oxygen atoms in total. The Kier molecular flexibility index (Phi) is 4.48. The molecule has 19 heavy (non-hydrogen) atoms. The van der Waals surface area contributed by atoms with Crippen LogP contribution in [0.4, 0.5) is 4.39 Å². The Morgan fingerprint density at radius 3 is 2.89 bits per heavy atom. The molecule has 2 N–H and O–H groups in total. The molecule has 1 amide bonds. The summed E-state index contributed by atoms with van der Waals surface area (Å²) in [5.74, 6) is -0.131. The molecule has 0 spiro atoms. The molecule has 1 fully saturated rings. The van der Waals surface area contributed by atoms with E-state index in [1.807, 2.05) is 6.07 Å². The van der Waals surface area contributed by atoms with Gasteiger partial charge >= 0.3 is 0 Å². The van der Waals surface area contributed by atoms with E-state index in [-0.39, 0.29) is 17.4 Å². The van der Waals surface area contributed by atoms with Crippen molar-refractivity contribution in [2.45, 2.75) is 19.4 Å². The molecule has 1 aromatic carbocycles. The highest BCUT2D eigenvalue weighted by atomic mass is 19.1. The van der Waals surface area contributed by atoms with Gasteiger partial charge in [0.1, 0.15) is 11.9 Å². The largest absolute Gasteiger partial charge is 0.355 e. The van der Waals surface area contributed by atoms with Gasteiger partial charge in [0.25, 0.3) is 0 Å². The van der Waals surface area contributed by atoms with E-state index in [1.54, 1.807) is 6.07 Å². The zero-order chi connectivity index (χ0) is 13.7. The number of carbonyl (C=O) groups excluding carboxylic acids is 1. The lowest BCUT2D eigenvalue weighted by Gasteiger charge is -2.07. The van der Waals surface area contributed by atoms with Crippen LogP contribution >= 0.6 is 0 Å². The van der Waals surface area contributed by atoms with Crippen molar-refractivity contribution in [1.29, 1.82) is 5.26 Å². The maximum Gasteiger partial charge on any atom is 0.223 e. The summed E-state index contributed by atoms with van der Waals surface area (Å²) in [5, 5.41) is 14.7. The normalized spacial score (nSPS) is 13.9. The fourth-order valence-corrected chi connectivity index (χ4v) is 1.76. The number of amides is 1. The van der Waals surface area contributed by atoms with Crippen molar-refractivity contribution in [2.75, 3.05) is 13.1 Å². The van der Waals surface area contributed by atoms with Gasteiger partial charge in [0.15, 0.2) is 0 Å². The van der Waals surface area contributed by atoms with Crippen LogP contribution in [0.15, 0.2) is 18.2 Å². The SMILES string of the molecule is N#Cc1cc(CNCCNC(=O)C2CC2)ccc1F. The van der Waals surface area contributed by atoms with Crippen molar-refractivity contribution in [3.05, 3.63) is 35.1 Å². The Morgan fingerprint density at radius 1 is 1.42 bits per heavy atom. The second-order valence-corrected chi connectivity index (χ2v) is 4.67. The number of nitriles is 1. The molecule has 0 aliphatic heterocycles. The van der Waals surface area contributed by atoms with Crippen LogP contribution in [0, 0.1) is 23.1 Å². The Morgan fingerprint density at radius 2 is 2.21 bits per heavy atom. The summed E-state index contributed by atoms with van der Waals surface area (Å²) in [6.07, 6.45) is 2.01. The highest BCUT2D eigenvalue weighted by Gasteiger charge is 2.28. The molecule has 1 aliphatic carbocycles. The first-order chi connectivity index (χ1) is 9.20. The van der Waals surface area contributed by atoms with Crippen molar-refractivity contribution in [2.24, 2.45) is 5.92 Å². The monoisotopic (exact) mass is 261 g/mol. The molecule has 0 heterocycles. The zero-order valence-corrected chi connectivity index (χ0v) is 10.6. The minimum atomic E-state index is -0.497. The van der Waals surface area contributed by atoms with Gasteiger partial charge in [-0.25, -0.2) is 4.39 Å². The highest BCUT2D eigenvalue weighted by Crippen LogP contribution is 2.28. The number of carbonyl (C=O) groups is 1. The van der Waals surface area contributed by atoms with Crippen molar-refractivity contribution in [3.8, 4) is 6.07 Å². The molecule has 0 bridgehead atoms. The van der Waals surface area contributed by atoms with Crippen LogP contribution in [0.3, 0.4) is 0 Å². The molecule has 0 atom stereocenters. The van der Waals surface area contributed by atoms with Gasteiger partial charge < -0.3 is 10.6 Å². The van der Waals surface area contributed by atoms with Crippen LogP contribution in [0.1, 0.15) is 24.0 Å². The first-order valence-corrected chi connectivity index (χ1v) is 6.37. The van der Waals surface area contributed by atoms with Gasteiger partial charge in [-0.1, -0.05) is 6.07 Å². The predicted molar refractivity (Wildman–Crippen MR) is 68.6 cm³/mol. The second-order valence-electron chi connectivity index (χ2n) is 4.67. The van der Waals surface area contributed by atoms with Crippen LogP contribution in [0.2, 0.25) is 0 Å². The van der Waals surface area contributed by atoms with E-state index >= 15 is 0 Å². The minimum Gasteiger partial charge on any atom is -0.355 e. The fourth-order valence-electron chi connectivity index (χ4n) is 1.76. The average Bonchev–Trinajstić information content (AvgIpc) is 3.24. The molecule has 1 aromatic rings. The summed E-state index contributed by atoms with van der Waals surface area (Å²) < 4.78 is 13.1. The van der Waals surface area contributed by atoms with E-state index in [4.69, 9.17) is 5.26 Å². The summed E-state index contributed by atoms with van der Waals surface area (Å²) in [7, 11) is 0. The standard InChI is InChI=1S/C14H16FN3O/c15-13-4-1-10(7-12(13)8-16)9-17-5-6-18-14(19)11-2-3-11/h1,4,7,11,17H,2-3,5-6,9H2,(H,18,19). The van der Waals surface area contributed by atoms with Gasteiger partial charge in [0, 0.05) is 25.6 Å². The van der Waals surface area contributed by atoms with E-state index in [0.717, 1.165) is 18.4 Å². The van der Waals surface area contributed by atoms with Gasteiger partial charge in [-0.05, 0) is 30.5 Å². The quantitative estimate of drug-likeness (QED) is 0.759. The molecule has 1 saturated carbocycles. The van der Waals surface area contributed by atoms with Crippen molar-refractivity contribution < 1.29 is 9.18 Å². The molecule has 2 rings (SSSR count). The Balaban J connectivity index is 1.67. The van der Waals surface area contributed by atoms with Crippen LogP contribution in [0.5, 0.6) is 0 Å². The summed E-state index contributed by atoms with van der Waals surface area (Å²) in [4.78, 5) is 11.3. The number of nitrogens with zero attached hydrogens (tertiary/aromatic N) is 1. The number of hydrogen-bond donors (Lipinski definition) is 2. The first kappa shape index (κ1) is 13.5. The van der Waals surface area contributed by atoms with Crippen LogP contribution in [-0.4, -0.2) is 19.0 Å². The fraction of sp³-hybridized carbons (Fsp3) is 0.429. The Bertz CT molecular complexity index is 506. The lowest BCUT2D eigenvalue weighted by Crippen LogP contribution is -2.32. The number of benzene rings is 1. The first-order valence-electron chi connectivity index (χ1n) is 6.37. The van der Waals surface area contributed by atoms with Crippen molar-refractivity contribution in [1.82, 2.24) is 10.6 Å². The van der Waals surface area contributed by atoms with Crippen molar-refractivity contribution >= 4 is 5.91 Å². The average molecular weight is 261 g/mol. The third-order valence-corrected chi connectivity index (χ3v) is 3.03. The highest BCUT2D eigenvalue weighted by molar-refractivity contribution is 5.80. The van der Waals surface area contributed by atoms with Crippen LogP contribution < -0.4 is 10.6 Å². The molecule has 0 unspecified atom stereocenters. The Hall–Kier alpha value is -1.93. The van der Waals surface area contributed by atoms with E-state index < -0.39 is 5.82 Å². The maximum atomic E-state index is 13.1. The summed E-state index contributed by atoms with van der Waals surface area (Å²) in [6, 6.07) is 6.29. The molecule has 0 radical (unpaired) electrons. The van der Waals surface area contributed by atoms with Gasteiger partial charge in [-0.15, -0.1) is 0 Å². The number of nitrogens with one attached hydrogen (secondary N) is 2. The van der Waals surface area contributed by atoms with Crippen LogP contribution in [-0.2, 0) is 11.3 Å². The molecule has 1 aliphatic rings. The van der Waals surface area contributed by atoms with Gasteiger partial charge in [0.2, 0.25) is 5.91 Å². The number of hydrogen-bond acceptors (Lipinski definition) is 3. The summed E-state index contributed by atoms with van der Waals surface area (Å²) in [6.45, 7) is 1.79. The maximum absolute atomic E-state index is 13.1. The lowest BCUT2D eigenvalue weighted by atomic mass is 10.1. The zero-order valence-electron chi connectivity index (χ0n) is 10.6. The topological polar surface area (TPSA) is 64.9 Å². The van der Waals surface area contributed by atoms with Crippen molar-refractivity contribution in [3.63, 3.8) is 0 Å². The van der Waals surface area contributed by atoms with Crippen LogP contribution in [0.25, 0.3) is 0 Å². The summed E-state index contributed by atoms with van der Waals surface area (Å²) >= 11 is 0. The third-order valence-electron chi connectivity index (χ3n) is 3.03. The van der Waals surface area contributed by atoms with E-state index in [2.05, 4.69) is 10.6 Å². The predicted octanol–water partition coefficient (Wildman–Crippen LogP) is 1.31. The molecular weight excluding hydrogens is 245 g/mol. The Labute approximate surface area is 111 Å². The van der Waals surface area contributed by atoms with E-state index in [0.29, 0.717) is 19.6 Å². The minimum absolute atomic E-state index is 0.0568. The molecule has 0 aromatic heterocycles. The molecule has 100 valence electrons. The second kappa shape index (κ2) is 6.30. The molecule has 5 heteroatoms.